The Hall–Kier alpha value is -1.92. The largest absolute Gasteiger partial charge is 0.339 e. The summed E-state index contributed by atoms with van der Waals surface area (Å²) in [6, 6.07) is 7.17. The van der Waals surface area contributed by atoms with Crippen LogP contribution in [-0.4, -0.2) is 67.9 Å². The highest BCUT2D eigenvalue weighted by atomic mass is 16.2. The van der Waals surface area contributed by atoms with Crippen LogP contribution in [0.4, 0.5) is 5.69 Å². The number of amides is 2. The third-order valence-electron chi connectivity index (χ3n) is 5.34. The fourth-order valence-electron chi connectivity index (χ4n) is 3.57. The normalized spacial score (nSPS) is 15.5. The molecule has 1 fully saturated rings. The highest BCUT2D eigenvalue weighted by Crippen LogP contribution is 2.20. The highest BCUT2D eigenvalue weighted by molar-refractivity contribution is 5.96. The number of likely N-dealkylation sites (tertiary alicyclic amines) is 1. The van der Waals surface area contributed by atoms with Gasteiger partial charge in [-0.1, -0.05) is 0 Å². The van der Waals surface area contributed by atoms with Crippen molar-refractivity contribution in [3.8, 4) is 0 Å². The number of hydrogen-bond donors (Lipinski definition) is 2. The first-order chi connectivity index (χ1) is 13.1. The van der Waals surface area contributed by atoms with E-state index in [1.165, 1.54) is 6.42 Å². The molecule has 0 aliphatic carbocycles. The molecule has 0 spiro atoms. The molecule has 2 N–H and O–H groups in total. The molecule has 1 aromatic rings. The predicted molar refractivity (Wildman–Crippen MR) is 110 cm³/mol. The van der Waals surface area contributed by atoms with Crippen LogP contribution in [0.5, 0.6) is 0 Å². The van der Waals surface area contributed by atoms with Gasteiger partial charge in [-0.05, 0) is 90.0 Å². The van der Waals surface area contributed by atoms with E-state index in [1.807, 2.05) is 20.9 Å². The molecule has 0 bridgehead atoms. The predicted octanol–water partition coefficient (Wildman–Crippen LogP) is 2.43. The Kier molecular flexibility index (Phi) is 8.75. The Morgan fingerprint density at radius 1 is 1.11 bits per heavy atom. The van der Waals surface area contributed by atoms with E-state index in [-0.39, 0.29) is 11.8 Å². The van der Waals surface area contributed by atoms with E-state index in [2.05, 4.69) is 15.5 Å². The average Bonchev–Trinajstić information content (AvgIpc) is 2.69. The number of carbonyl (C=O) groups excluding carboxylic acids is 2. The maximum Gasteiger partial charge on any atom is 0.253 e. The van der Waals surface area contributed by atoms with Gasteiger partial charge in [-0.3, -0.25) is 14.5 Å². The Morgan fingerprint density at radius 2 is 1.74 bits per heavy atom. The molecule has 6 nitrogen and oxygen atoms in total. The van der Waals surface area contributed by atoms with Crippen LogP contribution in [-0.2, 0) is 4.79 Å². The van der Waals surface area contributed by atoms with Crippen LogP contribution in [0, 0.1) is 5.92 Å². The molecule has 0 atom stereocenters. The maximum atomic E-state index is 12.3. The third kappa shape index (κ3) is 6.63. The fraction of sp³-hybridized carbons (Fsp3) is 0.619. The van der Waals surface area contributed by atoms with Crippen LogP contribution in [0.3, 0.4) is 0 Å². The van der Waals surface area contributed by atoms with Gasteiger partial charge in [-0.15, -0.1) is 0 Å². The van der Waals surface area contributed by atoms with Crippen molar-refractivity contribution in [2.24, 2.45) is 5.92 Å². The number of anilines is 1. The maximum absolute atomic E-state index is 12.3. The van der Waals surface area contributed by atoms with Gasteiger partial charge >= 0.3 is 0 Å². The summed E-state index contributed by atoms with van der Waals surface area (Å²) in [5.41, 5.74) is 1.39. The monoisotopic (exact) mass is 374 g/mol. The smallest absolute Gasteiger partial charge is 0.253 e. The minimum atomic E-state index is 0.00601. The molecule has 2 rings (SSSR count). The van der Waals surface area contributed by atoms with Crippen molar-refractivity contribution in [3.05, 3.63) is 29.8 Å². The van der Waals surface area contributed by atoms with Crippen LogP contribution in [0.15, 0.2) is 24.3 Å². The number of nitrogens with zero attached hydrogens (tertiary/aromatic N) is 2. The first kappa shape index (κ1) is 21.4. The summed E-state index contributed by atoms with van der Waals surface area (Å²) in [4.78, 5) is 28.7. The van der Waals surface area contributed by atoms with Gasteiger partial charge in [0.1, 0.15) is 0 Å². The zero-order valence-corrected chi connectivity index (χ0v) is 17.0. The molecule has 27 heavy (non-hydrogen) atoms. The first-order valence-electron chi connectivity index (χ1n) is 10.1. The van der Waals surface area contributed by atoms with E-state index in [0.717, 1.165) is 44.1 Å². The second-order valence-corrected chi connectivity index (χ2v) is 7.21. The number of benzene rings is 1. The van der Waals surface area contributed by atoms with Crippen molar-refractivity contribution >= 4 is 17.5 Å². The van der Waals surface area contributed by atoms with Crippen LogP contribution in [0.1, 0.15) is 43.5 Å². The average molecular weight is 375 g/mol. The summed E-state index contributed by atoms with van der Waals surface area (Å²) in [7, 11) is 1.99. The molecular formula is C21H34N4O2. The van der Waals surface area contributed by atoms with Crippen LogP contribution >= 0.6 is 0 Å². The summed E-state index contributed by atoms with van der Waals surface area (Å²) in [6.07, 6.45) is 3.54. The van der Waals surface area contributed by atoms with E-state index >= 15 is 0 Å². The molecule has 150 valence electrons. The van der Waals surface area contributed by atoms with Crippen molar-refractivity contribution in [2.75, 3.05) is 51.6 Å². The number of piperidine rings is 1. The number of carbonyl (C=O) groups is 2. The van der Waals surface area contributed by atoms with E-state index < -0.39 is 0 Å². The van der Waals surface area contributed by atoms with Crippen molar-refractivity contribution in [3.63, 3.8) is 0 Å². The van der Waals surface area contributed by atoms with E-state index in [9.17, 15) is 9.59 Å². The van der Waals surface area contributed by atoms with Gasteiger partial charge < -0.3 is 15.5 Å². The molecule has 0 unspecified atom stereocenters. The van der Waals surface area contributed by atoms with Gasteiger partial charge in [0.15, 0.2) is 0 Å². The molecule has 0 radical (unpaired) electrons. The summed E-state index contributed by atoms with van der Waals surface area (Å²) in [5.74, 6) is 0.804. The van der Waals surface area contributed by atoms with Gasteiger partial charge in [0.25, 0.3) is 5.91 Å². The summed E-state index contributed by atoms with van der Waals surface area (Å²) < 4.78 is 0. The lowest BCUT2D eigenvalue weighted by Gasteiger charge is -2.31. The third-order valence-corrected chi connectivity index (χ3v) is 5.34. The summed E-state index contributed by atoms with van der Waals surface area (Å²) in [6.45, 7) is 8.80. The lowest BCUT2D eigenvalue weighted by molar-refractivity contribution is -0.117. The lowest BCUT2D eigenvalue weighted by Crippen LogP contribution is -2.39. The van der Waals surface area contributed by atoms with Crippen molar-refractivity contribution in [1.29, 1.82) is 0 Å². The first-order valence-corrected chi connectivity index (χ1v) is 10.1. The van der Waals surface area contributed by atoms with Gasteiger partial charge in [0.05, 0.1) is 6.54 Å². The van der Waals surface area contributed by atoms with E-state index in [0.29, 0.717) is 25.2 Å². The molecule has 1 saturated heterocycles. The van der Waals surface area contributed by atoms with E-state index in [1.54, 1.807) is 29.2 Å². The molecule has 0 aromatic heterocycles. The number of rotatable bonds is 9. The zero-order valence-electron chi connectivity index (χ0n) is 17.0. The van der Waals surface area contributed by atoms with Crippen molar-refractivity contribution in [2.45, 2.75) is 33.1 Å². The van der Waals surface area contributed by atoms with Gasteiger partial charge in [-0.2, -0.15) is 0 Å². The Morgan fingerprint density at radius 3 is 2.30 bits per heavy atom. The second-order valence-electron chi connectivity index (χ2n) is 7.21. The van der Waals surface area contributed by atoms with E-state index in [4.69, 9.17) is 0 Å². The zero-order chi connectivity index (χ0) is 19.6. The Balaban J connectivity index is 1.78. The van der Waals surface area contributed by atoms with Crippen molar-refractivity contribution < 1.29 is 9.59 Å². The minimum absolute atomic E-state index is 0.00601. The Bertz CT molecular complexity index is 591. The van der Waals surface area contributed by atoms with Crippen molar-refractivity contribution in [1.82, 2.24) is 15.1 Å². The standard InChI is InChI=1S/C21H34N4O2/c1-4-25(5-2)21(27)18-6-8-19(9-7-18)23-20(26)16-24-14-11-17(12-15-24)10-13-22-3/h6-9,17,22H,4-5,10-16H2,1-3H3,(H,23,26). The SMILES string of the molecule is CCN(CC)C(=O)c1ccc(NC(=O)CN2CCC(CCNC)CC2)cc1. The van der Waals surface area contributed by atoms with Crippen LogP contribution < -0.4 is 10.6 Å². The topological polar surface area (TPSA) is 64.7 Å². The summed E-state index contributed by atoms with van der Waals surface area (Å²) >= 11 is 0. The fourth-order valence-corrected chi connectivity index (χ4v) is 3.57. The number of nitrogens with one attached hydrogen (secondary N) is 2. The Labute approximate surface area is 163 Å². The number of hydrogen-bond acceptors (Lipinski definition) is 4. The minimum Gasteiger partial charge on any atom is -0.339 e. The van der Waals surface area contributed by atoms with Gasteiger partial charge in [0.2, 0.25) is 5.91 Å². The quantitative estimate of drug-likeness (QED) is 0.697. The molecule has 2 amide bonds. The van der Waals surface area contributed by atoms with Gasteiger partial charge in [-0.25, -0.2) is 0 Å². The molecule has 6 heteroatoms. The molecule has 1 heterocycles. The summed E-state index contributed by atoms with van der Waals surface area (Å²) in [5, 5.41) is 6.15. The molecule has 0 saturated carbocycles. The van der Waals surface area contributed by atoms with Crippen LogP contribution in [0.25, 0.3) is 0 Å². The second kappa shape index (κ2) is 11.0. The molecule has 1 aliphatic heterocycles. The molecule has 1 aliphatic rings. The molecule has 1 aromatic carbocycles. The van der Waals surface area contributed by atoms with Gasteiger partial charge in [0, 0.05) is 24.3 Å². The highest BCUT2D eigenvalue weighted by Gasteiger charge is 2.20. The van der Waals surface area contributed by atoms with Crippen LogP contribution in [0.2, 0.25) is 0 Å². The molecular weight excluding hydrogens is 340 g/mol. The lowest BCUT2D eigenvalue weighted by atomic mass is 9.93.